The smallest absolute Gasteiger partial charge is 0.389 e. The van der Waals surface area contributed by atoms with Crippen LogP contribution < -0.4 is 11.1 Å². The van der Waals surface area contributed by atoms with E-state index in [1.54, 1.807) is 12.1 Å². The Bertz CT molecular complexity index is 447. The number of unbranched alkanes of at least 4 members (excludes halogenated alkanes) is 1. The zero-order chi connectivity index (χ0) is 15.0. The molecule has 0 aliphatic rings. The Morgan fingerprint density at radius 3 is 2.60 bits per heavy atom. The summed E-state index contributed by atoms with van der Waals surface area (Å²) >= 11 is 0. The lowest BCUT2D eigenvalue weighted by Gasteiger charge is -2.10. The van der Waals surface area contributed by atoms with E-state index in [4.69, 9.17) is 10.9 Å². The minimum atomic E-state index is -4.08. The zero-order valence-electron chi connectivity index (χ0n) is 11.0. The van der Waals surface area contributed by atoms with Crippen molar-refractivity contribution in [1.29, 1.82) is 0 Å². The van der Waals surface area contributed by atoms with Crippen LogP contribution in [0, 0.1) is 0 Å². The van der Waals surface area contributed by atoms with Gasteiger partial charge in [0.2, 0.25) is 0 Å². The second-order valence-electron chi connectivity index (χ2n) is 4.39. The lowest BCUT2D eigenvalue weighted by Crippen LogP contribution is -2.20. The minimum absolute atomic E-state index is 0.0134. The van der Waals surface area contributed by atoms with Crippen LogP contribution in [0.25, 0.3) is 0 Å². The van der Waals surface area contributed by atoms with E-state index in [1.807, 2.05) is 12.1 Å². The van der Waals surface area contributed by atoms with Crippen molar-refractivity contribution in [1.82, 2.24) is 5.32 Å². The number of nitrogens with zero attached hydrogens (tertiary/aromatic N) is 1. The van der Waals surface area contributed by atoms with E-state index in [2.05, 4.69) is 10.5 Å². The number of nitrogens with two attached hydrogens (primary N) is 1. The third kappa shape index (κ3) is 5.92. The van der Waals surface area contributed by atoms with E-state index in [9.17, 15) is 13.2 Å². The summed E-state index contributed by atoms with van der Waals surface area (Å²) in [5.41, 5.74) is 6.98. The highest BCUT2D eigenvalue weighted by molar-refractivity contribution is 5.98. The average Bonchev–Trinajstić information content (AvgIpc) is 2.41. The largest absolute Gasteiger partial charge is 0.409 e. The van der Waals surface area contributed by atoms with Crippen molar-refractivity contribution in [2.75, 3.05) is 6.54 Å². The summed E-state index contributed by atoms with van der Waals surface area (Å²) in [4.78, 5) is 0. The summed E-state index contributed by atoms with van der Waals surface area (Å²) < 4.78 is 35.8. The predicted molar refractivity (Wildman–Crippen MR) is 70.6 cm³/mol. The molecule has 0 aromatic heterocycles. The van der Waals surface area contributed by atoms with E-state index in [-0.39, 0.29) is 12.3 Å². The molecule has 0 heterocycles. The number of benzene rings is 1. The number of rotatable bonds is 7. The molecule has 0 aliphatic carbocycles. The van der Waals surface area contributed by atoms with Crippen LogP contribution in [0.15, 0.2) is 29.4 Å². The number of alkyl halides is 3. The molecular formula is C13H18F3N3O. The number of hydrogen-bond donors (Lipinski definition) is 3. The van der Waals surface area contributed by atoms with Gasteiger partial charge in [-0.15, -0.1) is 0 Å². The van der Waals surface area contributed by atoms with Crippen LogP contribution in [-0.2, 0) is 6.54 Å². The molecule has 0 radical (unpaired) electrons. The van der Waals surface area contributed by atoms with Gasteiger partial charge in [0, 0.05) is 18.5 Å². The van der Waals surface area contributed by atoms with Crippen molar-refractivity contribution in [3.05, 3.63) is 35.4 Å². The Morgan fingerprint density at radius 2 is 1.95 bits per heavy atom. The lowest BCUT2D eigenvalue weighted by molar-refractivity contribution is -0.135. The van der Waals surface area contributed by atoms with Crippen LogP contribution in [0.4, 0.5) is 13.2 Å². The molecule has 0 unspecified atom stereocenters. The molecule has 0 saturated heterocycles. The highest BCUT2D eigenvalue weighted by Crippen LogP contribution is 2.21. The summed E-state index contributed by atoms with van der Waals surface area (Å²) in [5, 5.41) is 14.7. The van der Waals surface area contributed by atoms with Crippen molar-refractivity contribution in [2.24, 2.45) is 10.9 Å². The van der Waals surface area contributed by atoms with Gasteiger partial charge < -0.3 is 16.3 Å². The molecule has 0 saturated carbocycles. The summed E-state index contributed by atoms with van der Waals surface area (Å²) in [7, 11) is 0. The van der Waals surface area contributed by atoms with Gasteiger partial charge in [0.05, 0.1) is 0 Å². The van der Waals surface area contributed by atoms with Crippen LogP contribution >= 0.6 is 0 Å². The van der Waals surface area contributed by atoms with Gasteiger partial charge >= 0.3 is 6.18 Å². The van der Waals surface area contributed by atoms with Crippen molar-refractivity contribution in [3.8, 4) is 0 Å². The van der Waals surface area contributed by atoms with Crippen LogP contribution in [0.2, 0.25) is 0 Å². The molecule has 20 heavy (non-hydrogen) atoms. The second kappa shape index (κ2) is 7.74. The Morgan fingerprint density at radius 1 is 1.25 bits per heavy atom. The van der Waals surface area contributed by atoms with Gasteiger partial charge in [-0.25, -0.2) is 0 Å². The van der Waals surface area contributed by atoms with Gasteiger partial charge in [-0.05, 0) is 24.9 Å². The van der Waals surface area contributed by atoms with Gasteiger partial charge in [0.1, 0.15) is 0 Å². The van der Waals surface area contributed by atoms with Gasteiger partial charge in [-0.1, -0.05) is 29.4 Å². The number of nitrogens with one attached hydrogen (secondary N) is 1. The number of amidine groups is 1. The number of oxime groups is 1. The first-order valence-electron chi connectivity index (χ1n) is 6.27. The number of halogens is 3. The Kier molecular flexibility index (Phi) is 6.30. The molecule has 1 aromatic carbocycles. The standard InChI is InChI=1S/C13H18F3N3O/c14-13(15,16)7-3-4-8-18-9-10-5-1-2-6-11(10)12(17)19-20/h1-2,5-6,18,20H,3-4,7-9H2,(H2,17,19). The van der Waals surface area contributed by atoms with E-state index in [0.717, 1.165) is 5.56 Å². The molecular weight excluding hydrogens is 271 g/mol. The second-order valence-corrected chi connectivity index (χ2v) is 4.39. The Labute approximate surface area is 115 Å². The van der Waals surface area contributed by atoms with Crippen molar-refractivity contribution in [2.45, 2.75) is 32.0 Å². The monoisotopic (exact) mass is 289 g/mol. The first-order chi connectivity index (χ1) is 9.44. The van der Waals surface area contributed by atoms with Gasteiger partial charge in [-0.2, -0.15) is 13.2 Å². The average molecular weight is 289 g/mol. The SMILES string of the molecule is N/C(=N/O)c1ccccc1CNCCCCC(F)(F)F. The molecule has 0 spiro atoms. The van der Waals surface area contributed by atoms with E-state index in [0.29, 0.717) is 25.1 Å². The third-order valence-electron chi connectivity index (χ3n) is 2.78. The fourth-order valence-electron chi connectivity index (χ4n) is 1.78. The maximum absolute atomic E-state index is 11.9. The molecule has 0 aliphatic heterocycles. The molecule has 4 N–H and O–H groups in total. The first-order valence-corrected chi connectivity index (χ1v) is 6.27. The van der Waals surface area contributed by atoms with E-state index < -0.39 is 12.6 Å². The van der Waals surface area contributed by atoms with Crippen molar-refractivity contribution in [3.63, 3.8) is 0 Å². The van der Waals surface area contributed by atoms with Crippen LogP contribution in [0.3, 0.4) is 0 Å². The summed E-state index contributed by atoms with van der Waals surface area (Å²) in [5.74, 6) is 0.0134. The molecule has 7 heteroatoms. The summed E-state index contributed by atoms with van der Waals surface area (Å²) in [6.45, 7) is 0.943. The zero-order valence-corrected chi connectivity index (χ0v) is 11.0. The Balaban J connectivity index is 2.36. The predicted octanol–water partition coefficient (Wildman–Crippen LogP) is 2.60. The summed E-state index contributed by atoms with van der Waals surface area (Å²) in [6, 6.07) is 7.11. The van der Waals surface area contributed by atoms with Gasteiger partial charge in [-0.3, -0.25) is 0 Å². The molecule has 0 fully saturated rings. The molecule has 4 nitrogen and oxygen atoms in total. The van der Waals surface area contributed by atoms with Gasteiger partial charge in [0.15, 0.2) is 5.84 Å². The third-order valence-corrected chi connectivity index (χ3v) is 2.78. The molecule has 0 amide bonds. The number of hydrogen-bond acceptors (Lipinski definition) is 3. The molecule has 1 rings (SSSR count). The van der Waals surface area contributed by atoms with E-state index >= 15 is 0 Å². The molecule has 112 valence electrons. The van der Waals surface area contributed by atoms with Crippen molar-refractivity contribution >= 4 is 5.84 Å². The topological polar surface area (TPSA) is 70.6 Å². The highest BCUT2D eigenvalue weighted by atomic mass is 19.4. The minimum Gasteiger partial charge on any atom is -0.409 e. The Hall–Kier alpha value is -1.76. The van der Waals surface area contributed by atoms with Crippen molar-refractivity contribution < 1.29 is 18.4 Å². The molecule has 1 aromatic rings. The fraction of sp³-hybridized carbons (Fsp3) is 0.462. The lowest BCUT2D eigenvalue weighted by atomic mass is 10.1. The van der Waals surface area contributed by atoms with Crippen LogP contribution in [0.1, 0.15) is 30.4 Å². The normalized spacial score (nSPS) is 12.7. The maximum atomic E-state index is 11.9. The fourth-order valence-corrected chi connectivity index (χ4v) is 1.78. The van der Waals surface area contributed by atoms with Crippen LogP contribution in [-0.4, -0.2) is 23.8 Å². The molecule has 0 bridgehead atoms. The first kappa shape index (κ1) is 16.3. The van der Waals surface area contributed by atoms with E-state index in [1.165, 1.54) is 0 Å². The highest BCUT2D eigenvalue weighted by Gasteiger charge is 2.25. The van der Waals surface area contributed by atoms with Crippen LogP contribution in [0.5, 0.6) is 0 Å². The quantitative estimate of drug-likeness (QED) is 0.237. The summed E-state index contributed by atoms with van der Waals surface area (Å²) in [6.07, 6.45) is -4.28. The van der Waals surface area contributed by atoms with Gasteiger partial charge in [0.25, 0.3) is 0 Å². The maximum Gasteiger partial charge on any atom is 0.389 e. The molecule has 0 atom stereocenters.